The molecule has 0 aliphatic carbocycles. The molecule has 0 unspecified atom stereocenters. The normalized spacial score (nSPS) is 14.3. The van der Waals surface area contributed by atoms with E-state index in [9.17, 15) is 17.6 Å². The number of amides is 1. The molecule has 1 aromatic heterocycles. The second-order valence-electron chi connectivity index (χ2n) is 9.74. The molecule has 1 fully saturated rings. The van der Waals surface area contributed by atoms with Crippen molar-refractivity contribution >= 4 is 15.9 Å². The Morgan fingerprint density at radius 3 is 2.47 bits per heavy atom. The van der Waals surface area contributed by atoms with Crippen LogP contribution >= 0.6 is 0 Å². The summed E-state index contributed by atoms with van der Waals surface area (Å²) in [5.41, 5.74) is 2.80. The number of rotatable bonds is 10. The molecule has 1 N–H and O–H groups in total. The van der Waals surface area contributed by atoms with E-state index >= 15 is 0 Å². The monoisotopic (exact) mass is 543 g/mol. The highest BCUT2D eigenvalue weighted by atomic mass is 32.2. The van der Waals surface area contributed by atoms with E-state index in [1.165, 1.54) is 49.7 Å². The first-order chi connectivity index (χ1) is 18.1. The molecule has 0 bridgehead atoms. The minimum Gasteiger partial charge on any atom is -0.497 e. The minimum absolute atomic E-state index is 0.0311. The Bertz CT molecular complexity index is 1390. The van der Waals surface area contributed by atoms with Gasteiger partial charge in [-0.1, -0.05) is 6.07 Å². The Kier molecular flexibility index (Phi) is 8.54. The van der Waals surface area contributed by atoms with E-state index in [0.29, 0.717) is 28.2 Å². The van der Waals surface area contributed by atoms with Crippen LogP contribution in [-0.4, -0.2) is 50.8 Å². The molecule has 204 valence electrons. The van der Waals surface area contributed by atoms with Crippen LogP contribution in [-0.2, 0) is 29.7 Å². The molecular formula is C28H34FN3O5S. The van der Waals surface area contributed by atoms with Crippen LogP contribution in [0.1, 0.15) is 51.2 Å². The summed E-state index contributed by atoms with van der Waals surface area (Å²) >= 11 is 0. The Labute approximate surface area is 223 Å². The summed E-state index contributed by atoms with van der Waals surface area (Å²) in [6.07, 6.45) is 3.63. The predicted octanol–water partition coefficient (Wildman–Crippen LogP) is 4.39. The smallest absolute Gasteiger partial charge is 0.254 e. The van der Waals surface area contributed by atoms with E-state index in [1.54, 1.807) is 38.1 Å². The topological polar surface area (TPSA) is 92.1 Å². The fraction of sp³-hybridized carbons (Fsp3) is 0.393. The molecule has 2 aromatic carbocycles. The van der Waals surface area contributed by atoms with Gasteiger partial charge in [0.2, 0.25) is 10.0 Å². The Balaban J connectivity index is 1.39. The van der Waals surface area contributed by atoms with Crippen LogP contribution in [0.2, 0.25) is 0 Å². The van der Waals surface area contributed by atoms with Gasteiger partial charge in [0.1, 0.15) is 23.6 Å². The zero-order valence-electron chi connectivity index (χ0n) is 22.2. The number of aryl methyl sites for hydroxylation is 2. The van der Waals surface area contributed by atoms with Crippen molar-refractivity contribution in [1.82, 2.24) is 14.5 Å². The van der Waals surface area contributed by atoms with Gasteiger partial charge in [-0.25, -0.2) is 12.8 Å². The third-order valence-corrected chi connectivity index (χ3v) is 8.90. The summed E-state index contributed by atoms with van der Waals surface area (Å²) in [5, 5.41) is 2.73. The van der Waals surface area contributed by atoms with Crippen molar-refractivity contribution in [1.29, 1.82) is 0 Å². The average molecular weight is 544 g/mol. The molecule has 1 saturated heterocycles. The maximum absolute atomic E-state index is 14.4. The van der Waals surface area contributed by atoms with E-state index in [-0.39, 0.29) is 29.4 Å². The van der Waals surface area contributed by atoms with E-state index in [2.05, 4.69) is 10.2 Å². The fourth-order valence-corrected chi connectivity index (χ4v) is 6.36. The number of carbonyl (C=O) groups excluding carboxylic acids is 1. The number of ether oxygens (including phenoxy) is 1. The van der Waals surface area contributed by atoms with Crippen molar-refractivity contribution in [3.8, 4) is 5.75 Å². The van der Waals surface area contributed by atoms with Crippen LogP contribution in [0.5, 0.6) is 5.75 Å². The first-order valence-corrected chi connectivity index (χ1v) is 14.0. The summed E-state index contributed by atoms with van der Waals surface area (Å²) in [6.45, 7) is 6.26. The SMILES string of the molecule is COc1cc(C)c(S(=O)(=O)N(C)Cc2cc(C(=O)NCc3cc(CN4CCCC4)ccc3F)co2)c(C)c1. The first kappa shape index (κ1) is 27.8. The van der Waals surface area contributed by atoms with Gasteiger partial charge < -0.3 is 14.5 Å². The predicted molar refractivity (Wildman–Crippen MR) is 142 cm³/mol. The molecule has 1 aliphatic rings. The van der Waals surface area contributed by atoms with Crippen molar-refractivity contribution in [2.45, 2.75) is 51.2 Å². The number of nitrogens with zero attached hydrogens (tertiary/aromatic N) is 2. The van der Waals surface area contributed by atoms with E-state index in [4.69, 9.17) is 9.15 Å². The molecule has 10 heteroatoms. The van der Waals surface area contributed by atoms with Gasteiger partial charge in [-0.05, 0) is 86.8 Å². The molecule has 0 atom stereocenters. The molecule has 0 saturated carbocycles. The molecule has 8 nitrogen and oxygen atoms in total. The standard InChI is InChI=1S/C28H34FN3O5S/c1-19-11-24(36-4)12-20(2)27(19)38(34,35)31(3)17-25-14-23(18-37-25)28(33)30-15-22-13-21(7-8-26(22)29)16-32-9-5-6-10-32/h7-8,11-14,18H,5-6,9-10,15-17H2,1-4H3,(H,30,33). The van der Waals surface area contributed by atoms with Crippen molar-refractivity contribution in [2.24, 2.45) is 0 Å². The lowest BCUT2D eigenvalue weighted by atomic mass is 10.1. The summed E-state index contributed by atoms with van der Waals surface area (Å²) in [6, 6.07) is 9.85. The molecule has 1 amide bonds. The number of hydrogen-bond acceptors (Lipinski definition) is 6. The van der Waals surface area contributed by atoms with Gasteiger partial charge in [-0.2, -0.15) is 4.31 Å². The number of benzene rings is 2. The summed E-state index contributed by atoms with van der Waals surface area (Å²) in [5.74, 6) is 0.0846. The van der Waals surface area contributed by atoms with Crippen LogP contribution in [0.25, 0.3) is 0 Å². The van der Waals surface area contributed by atoms with Crippen LogP contribution in [0.15, 0.2) is 52.0 Å². The number of furan rings is 1. The van der Waals surface area contributed by atoms with Crippen LogP contribution in [0, 0.1) is 19.7 Å². The Hall–Kier alpha value is -3.21. The summed E-state index contributed by atoms with van der Waals surface area (Å²) in [7, 11) is -0.839. The average Bonchev–Trinajstić information content (AvgIpc) is 3.56. The summed E-state index contributed by atoms with van der Waals surface area (Å²) < 4.78 is 52.8. The number of nitrogens with one attached hydrogen (secondary N) is 1. The molecule has 38 heavy (non-hydrogen) atoms. The highest BCUT2D eigenvalue weighted by Gasteiger charge is 2.27. The van der Waals surface area contributed by atoms with Gasteiger partial charge in [0.05, 0.1) is 24.1 Å². The number of hydrogen-bond donors (Lipinski definition) is 1. The third-order valence-electron chi connectivity index (χ3n) is 6.79. The highest BCUT2D eigenvalue weighted by molar-refractivity contribution is 7.89. The molecule has 3 aromatic rings. The lowest BCUT2D eigenvalue weighted by Gasteiger charge is -2.19. The highest BCUT2D eigenvalue weighted by Crippen LogP contribution is 2.28. The van der Waals surface area contributed by atoms with Gasteiger partial charge >= 0.3 is 0 Å². The number of likely N-dealkylation sites (tertiary alicyclic amines) is 1. The van der Waals surface area contributed by atoms with Crippen molar-refractivity contribution < 1.29 is 26.8 Å². The quantitative estimate of drug-likeness (QED) is 0.408. The minimum atomic E-state index is -3.83. The fourth-order valence-electron chi connectivity index (χ4n) is 4.82. The number of carbonyl (C=O) groups is 1. The molecule has 2 heterocycles. The van der Waals surface area contributed by atoms with Gasteiger partial charge in [0, 0.05) is 25.7 Å². The Morgan fingerprint density at radius 1 is 1.13 bits per heavy atom. The molecule has 4 rings (SSSR count). The summed E-state index contributed by atoms with van der Waals surface area (Å²) in [4.78, 5) is 15.3. The first-order valence-electron chi connectivity index (χ1n) is 12.6. The van der Waals surface area contributed by atoms with E-state index < -0.39 is 15.9 Å². The van der Waals surface area contributed by atoms with Crippen molar-refractivity contribution in [3.63, 3.8) is 0 Å². The van der Waals surface area contributed by atoms with Gasteiger partial charge in [-0.3, -0.25) is 9.69 Å². The molecule has 0 spiro atoms. The lowest BCUT2D eigenvalue weighted by molar-refractivity contribution is 0.0950. The van der Waals surface area contributed by atoms with Crippen LogP contribution in [0.4, 0.5) is 4.39 Å². The molecule has 0 radical (unpaired) electrons. The third kappa shape index (κ3) is 6.25. The van der Waals surface area contributed by atoms with Crippen molar-refractivity contribution in [3.05, 3.63) is 82.1 Å². The van der Waals surface area contributed by atoms with Crippen molar-refractivity contribution in [2.75, 3.05) is 27.2 Å². The number of sulfonamides is 1. The molecular weight excluding hydrogens is 509 g/mol. The number of halogens is 1. The van der Waals surface area contributed by atoms with Crippen LogP contribution in [0.3, 0.4) is 0 Å². The van der Waals surface area contributed by atoms with Crippen LogP contribution < -0.4 is 10.1 Å². The number of methoxy groups -OCH3 is 1. The Morgan fingerprint density at radius 2 is 1.82 bits per heavy atom. The maximum Gasteiger partial charge on any atom is 0.254 e. The second kappa shape index (κ2) is 11.7. The van der Waals surface area contributed by atoms with Gasteiger partial charge in [-0.15, -0.1) is 0 Å². The lowest BCUT2D eigenvalue weighted by Crippen LogP contribution is -2.27. The van der Waals surface area contributed by atoms with Gasteiger partial charge in [0.25, 0.3) is 5.91 Å². The maximum atomic E-state index is 14.4. The molecule has 1 aliphatic heterocycles. The second-order valence-corrected chi connectivity index (χ2v) is 11.7. The van der Waals surface area contributed by atoms with E-state index in [0.717, 1.165) is 25.2 Å². The largest absolute Gasteiger partial charge is 0.497 e. The zero-order valence-corrected chi connectivity index (χ0v) is 23.0. The zero-order chi connectivity index (χ0) is 27.4. The van der Waals surface area contributed by atoms with Gasteiger partial charge in [0.15, 0.2) is 0 Å². The van der Waals surface area contributed by atoms with E-state index in [1.807, 2.05) is 0 Å².